The Hall–Kier alpha value is -2.76. The van der Waals surface area contributed by atoms with Crippen LogP contribution in [0.1, 0.15) is 65.7 Å². The Morgan fingerprint density at radius 3 is 2.70 bits per heavy atom. The van der Waals surface area contributed by atoms with Crippen LogP contribution in [0.3, 0.4) is 0 Å². The zero-order valence-electron chi connectivity index (χ0n) is 16.0. The Kier molecular flexibility index (Phi) is 6.16. The van der Waals surface area contributed by atoms with Crippen LogP contribution in [0.15, 0.2) is 39.7 Å². The van der Waals surface area contributed by atoms with Gasteiger partial charge in [0.25, 0.3) is 5.91 Å². The Morgan fingerprint density at radius 2 is 2.00 bits per heavy atom. The summed E-state index contributed by atoms with van der Waals surface area (Å²) < 4.78 is 5.39. The van der Waals surface area contributed by atoms with Gasteiger partial charge in [-0.2, -0.15) is 0 Å². The fourth-order valence-corrected chi connectivity index (χ4v) is 3.38. The third-order valence-corrected chi connectivity index (χ3v) is 4.87. The maximum atomic E-state index is 11.1. The molecule has 1 unspecified atom stereocenters. The van der Waals surface area contributed by atoms with Crippen LogP contribution < -0.4 is 16.4 Å². The van der Waals surface area contributed by atoms with E-state index in [-0.39, 0.29) is 11.8 Å². The van der Waals surface area contributed by atoms with E-state index in [1.807, 2.05) is 6.92 Å². The topological polar surface area (TPSA) is 92.6 Å². The first kappa shape index (κ1) is 19.0. The Balaban J connectivity index is 1.68. The molecule has 27 heavy (non-hydrogen) atoms. The van der Waals surface area contributed by atoms with Gasteiger partial charge in [-0.1, -0.05) is 18.2 Å². The molecular formula is C21H28N4O2. The van der Waals surface area contributed by atoms with E-state index in [0.717, 1.165) is 6.54 Å². The molecule has 1 aliphatic rings. The zero-order chi connectivity index (χ0) is 19.2. The number of carbonyl (C=O) groups is 1. The molecule has 0 spiro atoms. The molecule has 6 nitrogen and oxygen atoms in total. The lowest BCUT2D eigenvalue weighted by Gasteiger charge is -2.21. The van der Waals surface area contributed by atoms with Crippen molar-refractivity contribution in [2.75, 3.05) is 6.54 Å². The van der Waals surface area contributed by atoms with Crippen molar-refractivity contribution in [1.29, 1.82) is 0 Å². The van der Waals surface area contributed by atoms with Crippen LogP contribution in [0.5, 0.6) is 0 Å². The number of guanidine groups is 1. The van der Waals surface area contributed by atoms with Crippen LogP contribution in [-0.4, -0.2) is 18.4 Å². The minimum absolute atomic E-state index is 0.132. The first-order valence-electron chi connectivity index (χ1n) is 9.62. The average Bonchev–Trinajstić information content (AvgIpc) is 3.15. The molecule has 1 aromatic carbocycles. The lowest BCUT2D eigenvalue weighted by atomic mass is 9.89. The summed E-state index contributed by atoms with van der Waals surface area (Å²) in [6, 6.07) is 10.2. The Morgan fingerprint density at radius 1 is 1.22 bits per heavy atom. The Labute approximate surface area is 160 Å². The summed E-state index contributed by atoms with van der Waals surface area (Å²) in [5.74, 6) is 0.888. The number of primary amides is 1. The van der Waals surface area contributed by atoms with Gasteiger partial charge in [0.15, 0.2) is 11.7 Å². The van der Waals surface area contributed by atoms with Gasteiger partial charge in [0.05, 0.1) is 6.04 Å². The van der Waals surface area contributed by atoms with E-state index in [4.69, 9.17) is 10.2 Å². The second-order valence-corrected chi connectivity index (χ2v) is 6.93. The molecule has 4 N–H and O–H groups in total. The highest BCUT2D eigenvalue weighted by molar-refractivity contribution is 5.89. The van der Waals surface area contributed by atoms with Crippen molar-refractivity contribution >= 4 is 11.9 Å². The highest BCUT2D eigenvalue weighted by Crippen LogP contribution is 2.24. The van der Waals surface area contributed by atoms with Crippen molar-refractivity contribution in [3.05, 3.63) is 58.5 Å². The molecule has 144 valence electrons. The molecule has 0 saturated carbocycles. The number of nitrogens with zero attached hydrogens (tertiary/aromatic N) is 1. The third-order valence-electron chi connectivity index (χ3n) is 4.87. The first-order chi connectivity index (χ1) is 13.1. The normalized spacial score (nSPS) is 15.1. The molecule has 0 radical (unpaired) electrons. The summed E-state index contributed by atoms with van der Waals surface area (Å²) >= 11 is 0. The molecule has 3 rings (SSSR count). The first-order valence-corrected chi connectivity index (χ1v) is 9.62. The van der Waals surface area contributed by atoms with Gasteiger partial charge in [0.2, 0.25) is 0 Å². The molecule has 1 amide bonds. The van der Waals surface area contributed by atoms with Crippen molar-refractivity contribution in [2.24, 2.45) is 10.7 Å². The summed E-state index contributed by atoms with van der Waals surface area (Å²) in [7, 11) is 0. The van der Waals surface area contributed by atoms with Crippen molar-refractivity contribution in [2.45, 2.75) is 52.1 Å². The van der Waals surface area contributed by atoms with Gasteiger partial charge in [-0.3, -0.25) is 4.79 Å². The molecular weight excluding hydrogens is 340 g/mol. The van der Waals surface area contributed by atoms with E-state index in [0.29, 0.717) is 18.3 Å². The molecule has 0 bridgehead atoms. The molecule has 2 aromatic rings. The van der Waals surface area contributed by atoms with E-state index < -0.39 is 5.91 Å². The van der Waals surface area contributed by atoms with E-state index in [2.05, 4.69) is 40.7 Å². The third kappa shape index (κ3) is 4.90. The minimum Gasteiger partial charge on any atom is -0.454 e. The van der Waals surface area contributed by atoms with Crippen LogP contribution in [0.25, 0.3) is 0 Å². The van der Waals surface area contributed by atoms with E-state index >= 15 is 0 Å². The van der Waals surface area contributed by atoms with Gasteiger partial charge < -0.3 is 20.8 Å². The summed E-state index contributed by atoms with van der Waals surface area (Å²) in [6.07, 6.45) is 4.93. The van der Waals surface area contributed by atoms with Crippen LogP contribution in [0.2, 0.25) is 0 Å². The molecule has 0 fully saturated rings. The average molecular weight is 368 g/mol. The van der Waals surface area contributed by atoms with Gasteiger partial charge in [0, 0.05) is 6.54 Å². The lowest BCUT2D eigenvalue weighted by molar-refractivity contribution is 0.0972. The fourth-order valence-electron chi connectivity index (χ4n) is 3.38. The molecule has 1 aliphatic carbocycles. The summed E-state index contributed by atoms with van der Waals surface area (Å²) in [5, 5.41) is 6.70. The summed E-state index contributed by atoms with van der Waals surface area (Å²) in [4.78, 5) is 15.7. The summed E-state index contributed by atoms with van der Waals surface area (Å²) in [6.45, 7) is 5.25. The SMILES string of the molecule is CCNC(=NCc1ccc(C(N)=O)o1)NC(C)c1ccc2c(c1)CCCC2. The Bertz CT molecular complexity index is 825. The number of aliphatic imine (C=N–C) groups is 1. The molecule has 1 heterocycles. The number of nitrogens with two attached hydrogens (primary N) is 1. The van der Waals surface area contributed by atoms with E-state index in [1.165, 1.54) is 42.4 Å². The molecule has 1 aromatic heterocycles. The number of aryl methyl sites for hydroxylation is 2. The number of hydrogen-bond acceptors (Lipinski definition) is 3. The van der Waals surface area contributed by atoms with E-state index in [1.54, 1.807) is 12.1 Å². The second kappa shape index (κ2) is 8.75. The molecule has 0 aliphatic heterocycles. The predicted octanol–water partition coefficient (Wildman–Crippen LogP) is 3.07. The predicted molar refractivity (Wildman–Crippen MR) is 107 cm³/mol. The van der Waals surface area contributed by atoms with Crippen molar-refractivity contribution in [3.63, 3.8) is 0 Å². The summed E-state index contributed by atoms with van der Waals surface area (Å²) in [5.41, 5.74) is 9.44. The number of hydrogen-bond donors (Lipinski definition) is 3. The van der Waals surface area contributed by atoms with Gasteiger partial charge in [0.1, 0.15) is 12.3 Å². The van der Waals surface area contributed by atoms with Crippen LogP contribution in [0.4, 0.5) is 0 Å². The number of carbonyl (C=O) groups excluding carboxylic acids is 1. The van der Waals surface area contributed by atoms with Gasteiger partial charge in [-0.15, -0.1) is 0 Å². The van der Waals surface area contributed by atoms with Gasteiger partial charge >= 0.3 is 0 Å². The number of benzene rings is 1. The highest BCUT2D eigenvalue weighted by Gasteiger charge is 2.14. The zero-order valence-corrected chi connectivity index (χ0v) is 16.0. The number of amides is 1. The quantitative estimate of drug-likeness (QED) is 0.540. The van der Waals surface area contributed by atoms with Crippen molar-refractivity contribution in [3.8, 4) is 0 Å². The number of fused-ring (bicyclic) bond motifs is 1. The van der Waals surface area contributed by atoms with Crippen LogP contribution in [0, 0.1) is 0 Å². The van der Waals surface area contributed by atoms with Crippen molar-refractivity contribution in [1.82, 2.24) is 10.6 Å². The maximum absolute atomic E-state index is 11.1. The number of nitrogens with one attached hydrogen (secondary N) is 2. The smallest absolute Gasteiger partial charge is 0.284 e. The number of furan rings is 1. The van der Waals surface area contributed by atoms with Crippen molar-refractivity contribution < 1.29 is 9.21 Å². The molecule has 0 saturated heterocycles. The second-order valence-electron chi connectivity index (χ2n) is 6.93. The highest BCUT2D eigenvalue weighted by atomic mass is 16.3. The van der Waals surface area contributed by atoms with Crippen LogP contribution in [-0.2, 0) is 19.4 Å². The number of rotatable bonds is 6. The van der Waals surface area contributed by atoms with Crippen LogP contribution >= 0.6 is 0 Å². The van der Waals surface area contributed by atoms with Gasteiger partial charge in [-0.25, -0.2) is 4.99 Å². The van der Waals surface area contributed by atoms with E-state index in [9.17, 15) is 4.79 Å². The molecule has 1 atom stereocenters. The fraction of sp³-hybridized carbons (Fsp3) is 0.429. The monoisotopic (exact) mass is 368 g/mol. The lowest BCUT2D eigenvalue weighted by Crippen LogP contribution is -2.38. The minimum atomic E-state index is -0.573. The standard InChI is InChI=1S/C21H28N4O2/c1-3-23-21(24-13-18-10-11-19(27-18)20(22)26)25-14(2)16-9-8-15-6-4-5-7-17(15)12-16/h8-12,14H,3-7,13H2,1-2H3,(H2,22,26)(H2,23,24,25). The maximum Gasteiger partial charge on any atom is 0.284 e. The molecule has 6 heteroatoms. The van der Waals surface area contributed by atoms with Gasteiger partial charge in [-0.05, 0) is 68.4 Å². The largest absolute Gasteiger partial charge is 0.454 e.